The van der Waals surface area contributed by atoms with Crippen LogP contribution in [0.15, 0.2) is 48.8 Å². The van der Waals surface area contributed by atoms with Crippen molar-refractivity contribution in [3.8, 4) is 5.69 Å². The molecule has 1 aromatic heterocycles. The number of aromatic nitrogens is 1. The second-order valence-electron chi connectivity index (χ2n) is 4.17. The highest BCUT2D eigenvalue weighted by molar-refractivity contribution is 6.01. The van der Waals surface area contributed by atoms with Gasteiger partial charge in [-0.15, -0.1) is 0 Å². The molecule has 5 nitrogen and oxygen atoms in total. The van der Waals surface area contributed by atoms with Gasteiger partial charge < -0.3 is 14.6 Å². The summed E-state index contributed by atoms with van der Waals surface area (Å²) >= 11 is 0. The molecule has 1 heterocycles. The third-order valence-corrected chi connectivity index (χ3v) is 2.64. The predicted octanol–water partition coefficient (Wildman–Crippen LogP) is 2.37. The first-order valence-corrected chi connectivity index (χ1v) is 6.38. The van der Waals surface area contributed by atoms with Crippen molar-refractivity contribution in [1.29, 1.82) is 0 Å². The first-order valence-electron chi connectivity index (χ1n) is 6.38. The molecule has 0 fully saturated rings. The molecule has 0 aliphatic heterocycles. The van der Waals surface area contributed by atoms with Gasteiger partial charge in [-0.05, 0) is 37.3 Å². The van der Waals surface area contributed by atoms with Gasteiger partial charge in [0.1, 0.15) is 6.42 Å². The third kappa shape index (κ3) is 3.71. The van der Waals surface area contributed by atoms with E-state index in [1.807, 2.05) is 47.3 Å². The minimum Gasteiger partial charge on any atom is -0.466 e. The van der Waals surface area contributed by atoms with Crippen LogP contribution in [0.25, 0.3) is 5.69 Å². The number of carbonyl (C=O) groups is 2. The van der Waals surface area contributed by atoms with Gasteiger partial charge in [-0.25, -0.2) is 0 Å². The molecule has 5 heteroatoms. The molecule has 0 saturated heterocycles. The number of benzene rings is 1. The second-order valence-corrected chi connectivity index (χ2v) is 4.17. The molecule has 0 radical (unpaired) electrons. The van der Waals surface area contributed by atoms with Crippen LogP contribution in [0.4, 0.5) is 5.69 Å². The fourth-order valence-corrected chi connectivity index (χ4v) is 1.80. The van der Waals surface area contributed by atoms with Crippen molar-refractivity contribution in [2.45, 2.75) is 13.3 Å². The topological polar surface area (TPSA) is 60.3 Å². The molecule has 104 valence electrons. The smallest absolute Gasteiger partial charge is 0.315 e. The van der Waals surface area contributed by atoms with Crippen LogP contribution in [0.3, 0.4) is 0 Å². The van der Waals surface area contributed by atoms with Crippen molar-refractivity contribution >= 4 is 17.6 Å². The van der Waals surface area contributed by atoms with Gasteiger partial charge in [0.2, 0.25) is 5.91 Å². The van der Waals surface area contributed by atoms with Gasteiger partial charge >= 0.3 is 5.97 Å². The Labute approximate surface area is 117 Å². The van der Waals surface area contributed by atoms with Crippen LogP contribution in [0.1, 0.15) is 13.3 Å². The Morgan fingerprint density at radius 2 is 1.95 bits per heavy atom. The summed E-state index contributed by atoms with van der Waals surface area (Å²) in [6, 6.07) is 11.2. The standard InChI is InChI=1S/C15H16N2O3/c1-2-20-15(19)11-14(18)16-12-6-5-7-13(10-12)17-8-3-4-9-17/h3-10H,2,11H2,1H3,(H,16,18). The highest BCUT2D eigenvalue weighted by Gasteiger charge is 2.10. The molecule has 1 aromatic carbocycles. The van der Waals surface area contributed by atoms with E-state index in [0.717, 1.165) is 5.69 Å². The SMILES string of the molecule is CCOC(=O)CC(=O)Nc1cccc(-n2cccc2)c1. The Morgan fingerprint density at radius 3 is 2.65 bits per heavy atom. The zero-order valence-corrected chi connectivity index (χ0v) is 11.2. The Hall–Kier alpha value is -2.56. The normalized spacial score (nSPS) is 10.1. The molecule has 0 bridgehead atoms. The van der Waals surface area contributed by atoms with Crippen LogP contribution in [0, 0.1) is 0 Å². The molecule has 0 aliphatic carbocycles. The van der Waals surface area contributed by atoms with Gasteiger partial charge in [-0.1, -0.05) is 6.07 Å². The fraction of sp³-hybridized carbons (Fsp3) is 0.200. The van der Waals surface area contributed by atoms with E-state index in [4.69, 9.17) is 4.74 Å². The van der Waals surface area contributed by atoms with Gasteiger partial charge in [0.25, 0.3) is 0 Å². The van der Waals surface area contributed by atoms with E-state index in [1.165, 1.54) is 0 Å². The Kier molecular flexibility index (Phi) is 4.55. The first kappa shape index (κ1) is 13.9. The zero-order valence-electron chi connectivity index (χ0n) is 11.2. The minimum atomic E-state index is -0.522. The van der Waals surface area contributed by atoms with Gasteiger partial charge in [0.05, 0.1) is 6.61 Å². The molecule has 0 atom stereocenters. The molecular weight excluding hydrogens is 256 g/mol. The lowest BCUT2D eigenvalue weighted by Crippen LogP contribution is -2.18. The lowest BCUT2D eigenvalue weighted by Gasteiger charge is -2.08. The summed E-state index contributed by atoms with van der Waals surface area (Å²) in [4.78, 5) is 22.9. The molecule has 2 aromatic rings. The number of rotatable bonds is 5. The summed E-state index contributed by atoms with van der Waals surface area (Å²) in [7, 11) is 0. The fourth-order valence-electron chi connectivity index (χ4n) is 1.80. The number of carbonyl (C=O) groups excluding carboxylic acids is 2. The highest BCUT2D eigenvalue weighted by Crippen LogP contribution is 2.15. The van der Waals surface area contributed by atoms with Crippen molar-refractivity contribution in [2.24, 2.45) is 0 Å². The zero-order chi connectivity index (χ0) is 14.4. The highest BCUT2D eigenvalue weighted by atomic mass is 16.5. The van der Waals surface area contributed by atoms with Crippen molar-refractivity contribution in [3.63, 3.8) is 0 Å². The molecule has 0 unspecified atom stereocenters. The van der Waals surface area contributed by atoms with Crippen molar-refractivity contribution in [2.75, 3.05) is 11.9 Å². The third-order valence-electron chi connectivity index (χ3n) is 2.64. The number of nitrogens with one attached hydrogen (secondary N) is 1. The molecule has 1 N–H and O–H groups in total. The molecular formula is C15H16N2O3. The number of nitrogens with zero attached hydrogens (tertiary/aromatic N) is 1. The van der Waals surface area contributed by atoms with E-state index in [0.29, 0.717) is 5.69 Å². The van der Waals surface area contributed by atoms with Gasteiger partial charge in [0.15, 0.2) is 0 Å². The number of hydrogen-bond acceptors (Lipinski definition) is 3. The van der Waals surface area contributed by atoms with Crippen molar-refractivity contribution in [3.05, 3.63) is 48.8 Å². The monoisotopic (exact) mass is 272 g/mol. The Bertz CT molecular complexity index is 591. The number of ether oxygens (including phenoxy) is 1. The molecule has 1 amide bonds. The van der Waals surface area contributed by atoms with Crippen LogP contribution in [0.5, 0.6) is 0 Å². The van der Waals surface area contributed by atoms with E-state index >= 15 is 0 Å². The maximum atomic E-state index is 11.7. The minimum absolute atomic E-state index is 0.273. The van der Waals surface area contributed by atoms with E-state index in [-0.39, 0.29) is 18.9 Å². The van der Waals surface area contributed by atoms with Crippen molar-refractivity contribution in [1.82, 2.24) is 4.57 Å². The van der Waals surface area contributed by atoms with Gasteiger partial charge in [0, 0.05) is 23.8 Å². The van der Waals surface area contributed by atoms with Crippen LogP contribution < -0.4 is 5.32 Å². The summed E-state index contributed by atoms with van der Waals surface area (Å²) in [5.41, 5.74) is 1.58. The van der Waals surface area contributed by atoms with Gasteiger partial charge in [-0.2, -0.15) is 0 Å². The molecule has 2 rings (SSSR count). The summed E-state index contributed by atoms with van der Waals surface area (Å²) in [6.07, 6.45) is 3.56. The number of amides is 1. The first-order chi connectivity index (χ1) is 9.69. The van der Waals surface area contributed by atoms with E-state index in [1.54, 1.807) is 13.0 Å². The quantitative estimate of drug-likeness (QED) is 0.671. The molecule has 0 saturated carbocycles. The summed E-state index contributed by atoms with van der Waals surface area (Å²) in [5.74, 6) is -0.903. The maximum absolute atomic E-state index is 11.7. The Balaban J connectivity index is 2.01. The van der Waals surface area contributed by atoms with E-state index < -0.39 is 5.97 Å². The second kappa shape index (κ2) is 6.56. The Morgan fingerprint density at radius 1 is 1.20 bits per heavy atom. The van der Waals surface area contributed by atoms with Crippen LogP contribution >= 0.6 is 0 Å². The van der Waals surface area contributed by atoms with E-state index in [9.17, 15) is 9.59 Å². The lowest BCUT2D eigenvalue weighted by molar-refractivity contribution is -0.145. The number of anilines is 1. The van der Waals surface area contributed by atoms with Crippen LogP contribution in [-0.4, -0.2) is 23.1 Å². The van der Waals surface area contributed by atoms with Crippen molar-refractivity contribution < 1.29 is 14.3 Å². The average Bonchev–Trinajstić information content (AvgIpc) is 2.92. The molecule has 0 spiro atoms. The number of hydrogen-bond donors (Lipinski definition) is 1. The maximum Gasteiger partial charge on any atom is 0.315 e. The van der Waals surface area contributed by atoms with Gasteiger partial charge in [-0.3, -0.25) is 9.59 Å². The van der Waals surface area contributed by atoms with Crippen LogP contribution in [0.2, 0.25) is 0 Å². The summed E-state index contributed by atoms with van der Waals surface area (Å²) in [5, 5.41) is 2.68. The lowest BCUT2D eigenvalue weighted by atomic mass is 10.2. The predicted molar refractivity (Wildman–Crippen MR) is 75.6 cm³/mol. The summed E-state index contributed by atoms with van der Waals surface area (Å²) in [6.45, 7) is 1.98. The van der Waals surface area contributed by atoms with E-state index in [2.05, 4.69) is 5.32 Å². The molecule has 0 aliphatic rings. The summed E-state index contributed by atoms with van der Waals surface area (Å²) < 4.78 is 6.66. The van der Waals surface area contributed by atoms with Crippen LogP contribution in [-0.2, 0) is 14.3 Å². The molecule has 20 heavy (non-hydrogen) atoms. The largest absolute Gasteiger partial charge is 0.466 e. The number of esters is 1. The average molecular weight is 272 g/mol.